The number of nitrogens with zero attached hydrogens (tertiary/aromatic N) is 1. The van der Waals surface area contributed by atoms with Crippen LogP contribution >= 0.6 is 0 Å². The van der Waals surface area contributed by atoms with Crippen molar-refractivity contribution in [1.82, 2.24) is 10.2 Å². The first-order valence-corrected chi connectivity index (χ1v) is 7.92. The Morgan fingerprint density at radius 2 is 1.73 bits per heavy atom. The normalized spacial score (nSPS) is 18.3. The lowest BCUT2D eigenvalue weighted by Gasteiger charge is -2.24. The Labute approximate surface area is 132 Å². The van der Waals surface area contributed by atoms with Gasteiger partial charge in [0.1, 0.15) is 0 Å². The molecule has 0 spiro atoms. The van der Waals surface area contributed by atoms with Gasteiger partial charge in [-0.25, -0.2) is 0 Å². The van der Waals surface area contributed by atoms with E-state index in [4.69, 9.17) is 0 Å². The number of nitrogens with one attached hydrogen (secondary N) is 1. The zero-order valence-electron chi connectivity index (χ0n) is 12.7. The second-order valence-electron chi connectivity index (χ2n) is 5.80. The predicted octanol–water partition coefficient (Wildman–Crippen LogP) is 3.14. The van der Waals surface area contributed by atoms with E-state index in [-0.39, 0.29) is 5.91 Å². The zero-order chi connectivity index (χ0) is 15.2. The van der Waals surface area contributed by atoms with Gasteiger partial charge in [0.15, 0.2) is 0 Å². The van der Waals surface area contributed by atoms with Crippen molar-refractivity contribution in [1.29, 1.82) is 0 Å². The van der Waals surface area contributed by atoms with Gasteiger partial charge in [-0.15, -0.1) is 0 Å². The number of hydrogen-bond donors (Lipinski definition) is 1. The third kappa shape index (κ3) is 3.74. The monoisotopic (exact) mass is 294 g/mol. The highest BCUT2D eigenvalue weighted by atomic mass is 16.2. The van der Waals surface area contributed by atoms with E-state index >= 15 is 0 Å². The third-order valence-electron chi connectivity index (χ3n) is 4.23. The van der Waals surface area contributed by atoms with E-state index in [0.717, 1.165) is 24.9 Å². The summed E-state index contributed by atoms with van der Waals surface area (Å²) >= 11 is 0. The number of carbonyl (C=O) groups excluding carboxylic acids is 1. The molecular weight excluding hydrogens is 272 g/mol. The first-order chi connectivity index (χ1) is 10.8. The maximum atomic E-state index is 12.2. The molecule has 0 aliphatic carbocycles. The molecule has 3 nitrogen and oxygen atoms in total. The largest absolute Gasteiger partial charge is 0.351 e. The first-order valence-electron chi connectivity index (χ1n) is 7.92. The van der Waals surface area contributed by atoms with E-state index < -0.39 is 0 Å². The molecule has 1 N–H and O–H groups in total. The summed E-state index contributed by atoms with van der Waals surface area (Å²) < 4.78 is 0. The Hall–Kier alpha value is -2.13. The highest BCUT2D eigenvalue weighted by Gasteiger charge is 2.27. The van der Waals surface area contributed by atoms with E-state index in [0.29, 0.717) is 19.1 Å². The minimum Gasteiger partial charge on any atom is -0.351 e. The van der Waals surface area contributed by atoms with Gasteiger partial charge in [-0.05, 0) is 30.5 Å². The molecule has 1 fully saturated rings. The fourth-order valence-electron chi connectivity index (χ4n) is 3.10. The van der Waals surface area contributed by atoms with Crippen LogP contribution in [-0.2, 0) is 11.3 Å². The van der Waals surface area contributed by atoms with E-state index in [2.05, 4.69) is 34.5 Å². The fraction of sp³-hybridized carbons (Fsp3) is 0.316. The van der Waals surface area contributed by atoms with Gasteiger partial charge in [0, 0.05) is 12.6 Å². The van der Waals surface area contributed by atoms with Crippen molar-refractivity contribution in [2.24, 2.45) is 0 Å². The number of rotatable bonds is 5. The van der Waals surface area contributed by atoms with Crippen LogP contribution in [0.1, 0.15) is 30.0 Å². The molecule has 0 aromatic heterocycles. The van der Waals surface area contributed by atoms with Gasteiger partial charge in [-0.2, -0.15) is 0 Å². The molecule has 1 saturated heterocycles. The molecule has 114 valence electrons. The summed E-state index contributed by atoms with van der Waals surface area (Å²) in [6.07, 6.45) is 2.29. The molecule has 3 rings (SSSR count). The van der Waals surface area contributed by atoms with E-state index in [1.54, 1.807) is 0 Å². The second-order valence-corrected chi connectivity index (χ2v) is 5.80. The maximum Gasteiger partial charge on any atom is 0.234 e. The van der Waals surface area contributed by atoms with Gasteiger partial charge in [-0.1, -0.05) is 60.7 Å². The fourth-order valence-corrected chi connectivity index (χ4v) is 3.10. The highest BCUT2D eigenvalue weighted by molar-refractivity contribution is 5.78. The molecule has 1 aliphatic rings. The Morgan fingerprint density at radius 3 is 2.45 bits per heavy atom. The number of benzene rings is 2. The zero-order valence-corrected chi connectivity index (χ0v) is 12.7. The molecule has 2 aromatic carbocycles. The van der Waals surface area contributed by atoms with Crippen molar-refractivity contribution < 1.29 is 4.79 Å². The van der Waals surface area contributed by atoms with Gasteiger partial charge < -0.3 is 5.32 Å². The quantitative estimate of drug-likeness (QED) is 0.919. The lowest BCUT2D eigenvalue weighted by Crippen LogP contribution is -2.36. The Morgan fingerprint density at radius 1 is 1.05 bits per heavy atom. The van der Waals surface area contributed by atoms with Crippen LogP contribution in [0, 0.1) is 0 Å². The molecule has 3 heteroatoms. The van der Waals surface area contributed by atoms with Crippen molar-refractivity contribution >= 4 is 5.91 Å². The molecule has 0 radical (unpaired) electrons. The summed E-state index contributed by atoms with van der Waals surface area (Å²) in [5, 5.41) is 3.02. The van der Waals surface area contributed by atoms with Crippen LogP contribution in [0.15, 0.2) is 60.7 Å². The highest BCUT2D eigenvalue weighted by Crippen LogP contribution is 2.31. The molecular formula is C19H22N2O. The number of hydrogen-bond acceptors (Lipinski definition) is 2. The maximum absolute atomic E-state index is 12.2. The van der Waals surface area contributed by atoms with E-state index in [1.165, 1.54) is 5.56 Å². The summed E-state index contributed by atoms with van der Waals surface area (Å²) in [4.78, 5) is 14.5. The molecule has 22 heavy (non-hydrogen) atoms. The molecule has 1 amide bonds. The van der Waals surface area contributed by atoms with Crippen molar-refractivity contribution in [2.75, 3.05) is 13.1 Å². The van der Waals surface area contributed by atoms with Crippen LogP contribution in [0.3, 0.4) is 0 Å². The van der Waals surface area contributed by atoms with Crippen LogP contribution in [0.2, 0.25) is 0 Å². The SMILES string of the molecule is O=C(CN1CCCC1c1ccccc1)NCc1ccccc1. The smallest absolute Gasteiger partial charge is 0.234 e. The summed E-state index contributed by atoms with van der Waals surface area (Å²) in [5.41, 5.74) is 2.45. The first kappa shape index (κ1) is 14.8. The summed E-state index contributed by atoms with van der Waals surface area (Å²) in [6.45, 7) is 2.08. The molecule has 0 saturated carbocycles. The third-order valence-corrected chi connectivity index (χ3v) is 4.23. The Kier molecular flexibility index (Phi) is 4.86. The van der Waals surface area contributed by atoms with Crippen LogP contribution in [-0.4, -0.2) is 23.9 Å². The molecule has 2 aromatic rings. The second kappa shape index (κ2) is 7.23. The minimum atomic E-state index is 0.103. The Balaban J connectivity index is 1.54. The summed E-state index contributed by atoms with van der Waals surface area (Å²) in [7, 11) is 0. The number of amides is 1. The van der Waals surface area contributed by atoms with Crippen LogP contribution < -0.4 is 5.32 Å². The molecule has 1 unspecified atom stereocenters. The molecule has 1 aliphatic heterocycles. The summed E-state index contributed by atoms with van der Waals surface area (Å²) in [6, 6.07) is 20.9. The Bertz CT molecular complexity index is 597. The van der Waals surface area contributed by atoms with Gasteiger partial charge in [0.25, 0.3) is 0 Å². The lowest BCUT2D eigenvalue weighted by atomic mass is 10.0. The predicted molar refractivity (Wildman–Crippen MR) is 88.3 cm³/mol. The number of carbonyl (C=O) groups is 1. The average Bonchev–Trinajstić information content (AvgIpc) is 3.03. The van der Waals surface area contributed by atoms with Gasteiger partial charge in [0.2, 0.25) is 5.91 Å². The average molecular weight is 294 g/mol. The number of likely N-dealkylation sites (tertiary alicyclic amines) is 1. The topological polar surface area (TPSA) is 32.3 Å². The summed E-state index contributed by atoms with van der Waals surface area (Å²) in [5.74, 6) is 0.103. The van der Waals surface area contributed by atoms with Gasteiger partial charge in [0.05, 0.1) is 6.54 Å². The molecule has 1 heterocycles. The molecule has 1 atom stereocenters. The van der Waals surface area contributed by atoms with Crippen molar-refractivity contribution in [3.05, 3.63) is 71.8 Å². The van der Waals surface area contributed by atoms with Crippen molar-refractivity contribution in [2.45, 2.75) is 25.4 Å². The van der Waals surface area contributed by atoms with Gasteiger partial charge >= 0.3 is 0 Å². The van der Waals surface area contributed by atoms with E-state index in [9.17, 15) is 4.79 Å². The minimum absolute atomic E-state index is 0.103. The molecule has 0 bridgehead atoms. The standard InChI is InChI=1S/C19H22N2O/c22-19(20-14-16-8-3-1-4-9-16)15-21-13-7-12-18(21)17-10-5-2-6-11-17/h1-6,8-11,18H,7,12-15H2,(H,20,22). The van der Waals surface area contributed by atoms with Gasteiger partial charge in [-0.3, -0.25) is 9.69 Å². The van der Waals surface area contributed by atoms with Crippen molar-refractivity contribution in [3.63, 3.8) is 0 Å². The van der Waals surface area contributed by atoms with Crippen molar-refractivity contribution in [3.8, 4) is 0 Å². The van der Waals surface area contributed by atoms with Crippen LogP contribution in [0.5, 0.6) is 0 Å². The van der Waals surface area contributed by atoms with Crippen LogP contribution in [0.25, 0.3) is 0 Å². The van der Waals surface area contributed by atoms with E-state index in [1.807, 2.05) is 36.4 Å². The lowest BCUT2D eigenvalue weighted by molar-refractivity contribution is -0.122. The van der Waals surface area contributed by atoms with Crippen LogP contribution in [0.4, 0.5) is 0 Å².